The molecule has 0 saturated heterocycles. The molecule has 0 bridgehead atoms. The lowest BCUT2D eigenvalue weighted by atomic mass is 10.1. The maximum absolute atomic E-state index is 12.3. The molecule has 130 valence electrons. The molecule has 0 saturated carbocycles. The summed E-state index contributed by atoms with van der Waals surface area (Å²) in [5.74, 6) is -0.184. The number of fused-ring (bicyclic) bond motifs is 1. The maximum Gasteiger partial charge on any atom is 0.252 e. The van der Waals surface area contributed by atoms with Crippen molar-refractivity contribution in [1.82, 2.24) is 9.62 Å². The first-order valence-corrected chi connectivity index (χ1v) is 9.92. The number of carbonyl (C=O) groups is 1. The summed E-state index contributed by atoms with van der Waals surface area (Å²) in [5.41, 5.74) is 0.580. The fourth-order valence-corrected chi connectivity index (χ4v) is 4.84. The van der Waals surface area contributed by atoms with Crippen molar-refractivity contribution >= 4 is 38.0 Å². The normalized spacial score (nSPS) is 11.8. The third kappa shape index (κ3) is 3.73. The minimum absolute atomic E-state index is 0.184. The van der Waals surface area contributed by atoms with E-state index < -0.39 is 10.0 Å². The van der Waals surface area contributed by atoms with Gasteiger partial charge in [0, 0.05) is 24.5 Å². The molecule has 0 fully saturated rings. The number of carbonyl (C=O) groups excluding carboxylic acids is 1. The van der Waals surface area contributed by atoms with E-state index in [0.717, 1.165) is 27.0 Å². The molecule has 0 aliphatic heterocycles. The maximum atomic E-state index is 12.3. The van der Waals surface area contributed by atoms with Gasteiger partial charge in [-0.05, 0) is 35.0 Å². The molecule has 2 aromatic carbocycles. The van der Waals surface area contributed by atoms with E-state index in [1.165, 1.54) is 18.4 Å². The number of nitrogens with zero attached hydrogens (tertiary/aromatic N) is 1. The van der Waals surface area contributed by atoms with Gasteiger partial charge in [-0.1, -0.05) is 30.3 Å². The van der Waals surface area contributed by atoms with Crippen LogP contribution < -0.4 is 5.32 Å². The van der Waals surface area contributed by atoms with Crippen LogP contribution in [-0.2, 0) is 16.6 Å². The number of amides is 1. The molecule has 1 N–H and O–H groups in total. The molecule has 3 aromatic rings. The Morgan fingerprint density at radius 1 is 1.04 bits per heavy atom. The van der Waals surface area contributed by atoms with Crippen LogP contribution in [0.2, 0.25) is 0 Å². The van der Waals surface area contributed by atoms with E-state index in [9.17, 15) is 13.2 Å². The van der Waals surface area contributed by atoms with Crippen molar-refractivity contribution in [2.45, 2.75) is 10.8 Å². The molecule has 0 unspecified atom stereocenters. The van der Waals surface area contributed by atoms with Gasteiger partial charge in [0.05, 0.1) is 6.54 Å². The number of rotatable bonds is 5. The van der Waals surface area contributed by atoms with E-state index in [2.05, 4.69) is 5.32 Å². The molecule has 1 amide bonds. The van der Waals surface area contributed by atoms with Gasteiger partial charge in [0.1, 0.15) is 4.21 Å². The van der Waals surface area contributed by atoms with Crippen LogP contribution in [0, 0.1) is 0 Å². The summed E-state index contributed by atoms with van der Waals surface area (Å²) < 4.78 is 25.6. The number of hydrogen-bond acceptors (Lipinski definition) is 4. The highest BCUT2D eigenvalue weighted by Crippen LogP contribution is 2.23. The lowest BCUT2D eigenvalue weighted by Crippen LogP contribution is -2.22. The van der Waals surface area contributed by atoms with Crippen LogP contribution in [0.25, 0.3) is 10.8 Å². The summed E-state index contributed by atoms with van der Waals surface area (Å²) in [7, 11) is -0.439. The summed E-state index contributed by atoms with van der Waals surface area (Å²) in [6, 6.07) is 16.7. The van der Waals surface area contributed by atoms with Crippen molar-refractivity contribution < 1.29 is 13.2 Å². The zero-order valence-corrected chi connectivity index (χ0v) is 15.5. The Labute approximate surface area is 151 Å². The second-order valence-electron chi connectivity index (χ2n) is 5.75. The van der Waals surface area contributed by atoms with E-state index in [1.54, 1.807) is 18.2 Å². The third-order valence-corrected chi connectivity index (χ3v) is 7.17. The van der Waals surface area contributed by atoms with Gasteiger partial charge in [0.15, 0.2) is 0 Å². The molecule has 7 heteroatoms. The van der Waals surface area contributed by atoms with E-state index in [0.29, 0.717) is 12.1 Å². The third-order valence-electron chi connectivity index (χ3n) is 3.81. The topological polar surface area (TPSA) is 66.5 Å². The number of benzene rings is 2. The first-order chi connectivity index (χ1) is 11.9. The lowest BCUT2D eigenvalue weighted by molar-refractivity contribution is 0.0951. The summed E-state index contributed by atoms with van der Waals surface area (Å²) in [4.78, 5) is 13.1. The molecular formula is C18H18N2O3S2. The van der Waals surface area contributed by atoms with Gasteiger partial charge in [-0.25, -0.2) is 12.7 Å². The van der Waals surface area contributed by atoms with Crippen molar-refractivity contribution in [3.8, 4) is 0 Å². The van der Waals surface area contributed by atoms with E-state index >= 15 is 0 Å². The molecule has 3 rings (SSSR count). The quantitative estimate of drug-likeness (QED) is 0.746. The second-order valence-corrected chi connectivity index (χ2v) is 9.30. The Hall–Kier alpha value is -2.22. The zero-order chi connectivity index (χ0) is 18.0. The largest absolute Gasteiger partial charge is 0.347 e. The van der Waals surface area contributed by atoms with Crippen molar-refractivity contribution in [1.29, 1.82) is 0 Å². The van der Waals surface area contributed by atoms with Crippen molar-refractivity contribution in [2.75, 3.05) is 14.1 Å². The molecular weight excluding hydrogens is 356 g/mol. The van der Waals surface area contributed by atoms with E-state index in [4.69, 9.17) is 0 Å². The van der Waals surface area contributed by atoms with Crippen molar-refractivity contribution in [2.24, 2.45) is 0 Å². The van der Waals surface area contributed by atoms with Gasteiger partial charge in [-0.3, -0.25) is 4.79 Å². The molecule has 0 radical (unpaired) electrons. The smallest absolute Gasteiger partial charge is 0.252 e. The summed E-state index contributed by atoms with van der Waals surface area (Å²) in [6.45, 7) is 0.291. The summed E-state index contributed by atoms with van der Waals surface area (Å²) in [5, 5.41) is 4.92. The highest BCUT2D eigenvalue weighted by Gasteiger charge is 2.19. The average molecular weight is 374 g/mol. The fraction of sp³-hybridized carbons (Fsp3) is 0.167. The Morgan fingerprint density at radius 3 is 2.48 bits per heavy atom. The Kier molecular flexibility index (Phi) is 4.89. The molecule has 5 nitrogen and oxygen atoms in total. The highest BCUT2D eigenvalue weighted by atomic mass is 32.2. The van der Waals surface area contributed by atoms with Crippen molar-refractivity contribution in [3.05, 3.63) is 65.0 Å². The Bertz CT molecular complexity index is 1020. The fourth-order valence-electron chi connectivity index (χ4n) is 2.37. The van der Waals surface area contributed by atoms with Gasteiger partial charge in [0.2, 0.25) is 0 Å². The highest BCUT2D eigenvalue weighted by molar-refractivity contribution is 7.91. The minimum atomic E-state index is -3.43. The van der Waals surface area contributed by atoms with Crippen LogP contribution in [-0.4, -0.2) is 32.7 Å². The molecule has 1 heterocycles. The van der Waals surface area contributed by atoms with Gasteiger partial charge < -0.3 is 5.32 Å². The van der Waals surface area contributed by atoms with Crippen LogP contribution in [0.1, 0.15) is 15.2 Å². The molecule has 0 atom stereocenters. The van der Waals surface area contributed by atoms with Crippen molar-refractivity contribution in [3.63, 3.8) is 0 Å². The zero-order valence-electron chi connectivity index (χ0n) is 13.9. The molecule has 1 aromatic heterocycles. The SMILES string of the molecule is CN(C)S(=O)(=O)c1ccc(CNC(=O)c2ccc3ccccc3c2)s1. The second kappa shape index (κ2) is 6.95. The number of sulfonamides is 1. The Balaban J connectivity index is 1.71. The predicted molar refractivity (Wildman–Crippen MR) is 100 cm³/mol. The Morgan fingerprint density at radius 2 is 1.76 bits per heavy atom. The monoisotopic (exact) mass is 374 g/mol. The van der Waals surface area contributed by atoms with Crippen LogP contribution in [0.15, 0.2) is 58.8 Å². The summed E-state index contributed by atoms with van der Waals surface area (Å²) in [6.07, 6.45) is 0. The van der Waals surface area contributed by atoms with Gasteiger partial charge in [-0.15, -0.1) is 11.3 Å². The van der Waals surface area contributed by atoms with Crippen LogP contribution >= 0.6 is 11.3 Å². The van der Waals surface area contributed by atoms with E-state index in [-0.39, 0.29) is 10.1 Å². The van der Waals surface area contributed by atoms with Crippen LogP contribution in [0.3, 0.4) is 0 Å². The molecule has 0 aliphatic carbocycles. The van der Waals surface area contributed by atoms with Gasteiger partial charge >= 0.3 is 0 Å². The predicted octanol–water partition coefficient (Wildman–Crippen LogP) is 3.08. The standard InChI is InChI=1S/C18H18N2O3S2/c1-20(2)25(22,23)17-10-9-16(24-17)12-19-18(21)15-8-7-13-5-3-4-6-14(13)11-15/h3-11H,12H2,1-2H3,(H,19,21). The lowest BCUT2D eigenvalue weighted by Gasteiger charge is -2.08. The van der Waals surface area contributed by atoms with Gasteiger partial charge in [0.25, 0.3) is 15.9 Å². The summed E-state index contributed by atoms with van der Waals surface area (Å²) >= 11 is 1.16. The molecule has 25 heavy (non-hydrogen) atoms. The molecule has 0 aliphatic rings. The first-order valence-electron chi connectivity index (χ1n) is 7.66. The van der Waals surface area contributed by atoms with Crippen LogP contribution in [0.4, 0.5) is 0 Å². The minimum Gasteiger partial charge on any atom is -0.347 e. The first kappa shape index (κ1) is 17.6. The van der Waals surface area contributed by atoms with E-state index in [1.807, 2.05) is 36.4 Å². The number of thiophene rings is 1. The van der Waals surface area contributed by atoms with Crippen LogP contribution in [0.5, 0.6) is 0 Å². The number of hydrogen-bond donors (Lipinski definition) is 1. The number of nitrogens with one attached hydrogen (secondary N) is 1. The molecule has 0 spiro atoms. The average Bonchev–Trinajstić information content (AvgIpc) is 3.09. The van der Waals surface area contributed by atoms with Gasteiger partial charge in [-0.2, -0.15) is 0 Å².